The van der Waals surface area contributed by atoms with Gasteiger partial charge in [-0.2, -0.15) is 0 Å². The number of carbonyl (C=O) groups is 2. The highest BCUT2D eigenvalue weighted by molar-refractivity contribution is 7.92. The van der Waals surface area contributed by atoms with Crippen LogP contribution in [0.2, 0.25) is 10.0 Å². The molecule has 0 heterocycles. The fourth-order valence-electron chi connectivity index (χ4n) is 3.18. The molecule has 7 nitrogen and oxygen atoms in total. The Morgan fingerprint density at radius 1 is 1.06 bits per heavy atom. The lowest BCUT2D eigenvalue weighted by molar-refractivity contribution is -0.139. The molecule has 0 saturated carbocycles. The summed E-state index contributed by atoms with van der Waals surface area (Å²) >= 11 is 12.4. The van der Waals surface area contributed by atoms with E-state index in [1.807, 2.05) is 0 Å². The van der Waals surface area contributed by atoms with E-state index in [1.54, 1.807) is 63.2 Å². The van der Waals surface area contributed by atoms with Crippen LogP contribution in [-0.2, 0) is 26.2 Å². The van der Waals surface area contributed by atoms with Crippen molar-refractivity contribution in [2.24, 2.45) is 0 Å². The molecule has 0 spiro atoms. The molecule has 0 radical (unpaired) electrons. The first-order valence-corrected chi connectivity index (χ1v) is 12.6. The van der Waals surface area contributed by atoms with E-state index in [4.69, 9.17) is 23.2 Å². The Morgan fingerprint density at radius 3 is 2.28 bits per heavy atom. The molecule has 0 aliphatic carbocycles. The van der Waals surface area contributed by atoms with Gasteiger partial charge in [0.2, 0.25) is 21.8 Å². The molecule has 2 rings (SSSR count). The summed E-state index contributed by atoms with van der Waals surface area (Å²) in [5.41, 5.74) is 1.47. The van der Waals surface area contributed by atoms with Crippen LogP contribution in [-0.4, -0.2) is 50.5 Å². The lowest BCUT2D eigenvalue weighted by Crippen LogP contribution is -2.51. The van der Waals surface area contributed by atoms with E-state index in [0.717, 1.165) is 10.6 Å². The van der Waals surface area contributed by atoms with Gasteiger partial charge >= 0.3 is 0 Å². The first-order chi connectivity index (χ1) is 15.0. The minimum atomic E-state index is -3.82. The number of amides is 2. The summed E-state index contributed by atoms with van der Waals surface area (Å²) in [5, 5.41) is 3.52. The Labute approximate surface area is 199 Å². The van der Waals surface area contributed by atoms with Gasteiger partial charge in [0, 0.05) is 23.1 Å². The summed E-state index contributed by atoms with van der Waals surface area (Å²) < 4.78 is 26.2. The van der Waals surface area contributed by atoms with Gasteiger partial charge in [0.25, 0.3) is 0 Å². The second-order valence-corrected chi connectivity index (χ2v) is 10.1. The number of benzene rings is 2. The smallest absolute Gasteiger partial charge is 0.244 e. The standard InChI is InChI=1S/C22H27Cl2N3O4S/c1-5-25-22(29)16(3)26(13-17-9-6-7-10-19(17)24)21(28)14-27(32(4,30)31)20-12-8-11-18(23)15(20)2/h6-12,16H,5,13-14H2,1-4H3,(H,25,29)/t16-/m1/s1. The number of carbonyl (C=O) groups excluding carboxylic acids is 2. The fraction of sp³-hybridized carbons (Fsp3) is 0.364. The molecule has 0 aromatic heterocycles. The lowest BCUT2D eigenvalue weighted by atomic mass is 10.1. The summed E-state index contributed by atoms with van der Waals surface area (Å²) in [7, 11) is -3.82. The summed E-state index contributed by atoms with van der Waals surface area (Å²) in [6.45, 7) is 5.00. The van der Waals surface area contributed by atoms with Crippen molar-refractivity contribution in [3.8, 4) is 0 Å². The van der Waals surface area contributed by atoms with Gasteiger partial charge in [-0.3, -0.25) is 13.9 Å². The van der Waals surface area contributed by atoms with E-state index in [9.17, 15) is 18.0 Å². The van der Waals surface area contributed by atoms with Crippen LogP contribution in [0.5, 0.6) is 0 Å². The normalized spacial score (nSPS) is 12.2. The topological polar surface area (TPSA) is 86.8 Å². The molecule has 2 aromatic rings. The number of nitrogens with one attached hydrogen (secondary N) is 1. The molecule has 0 bridgehead atoms. The van der Waals surface area contributed by atoms with Crippen LogP contribution in [0.15, 0.2) is 42.5 Å². The molecular weight excluding hydrogens is 473 g/mol. The molecule has 1 N–H and O–H groups in total. The highest BCUT2D eigenvalue weighted by Crippen LogP contribution is 2.28. The highest BCUT2D eigenvalue weighted by Gasteiger charge is 2.30. The fourth-order valence-corrected chi connectivity index (χ4v) is 4.44. The quantitative estimate of drug-likeness (QED) is 0.570. The van der Waals surface area contributed by atoms with Crippen molar-refractivity contribution in [2.45, 2.75) is 33.4 Å². The molecule has 174 valence electrons. The second kappa shape index (κ2) is 11.0. The first kappa shape index (κ1) is 26.0. The minimum absolute atomic E-state index is 0.0446. The van der Waals surface area contributed by atoms with E-state index >= 15 is 0 Å². The van der Waals surface area contributed by atoms with E-state index < -0.39 is 28.5 Å². The SMILES string of the molecule is CCNC(=O)[C@@H](C)N(Cc1ccccc1Cl)C(=O)CN(c1cccc(Cl)c1C)S(C)(=O)=O. The van der Waals surface area contributed by atoms with E-state index in [0.29, 0.717) is 33.4 Å². The van der Waals surface area contributed by atoms with Gasteiger partial charge in [-0.1, -0.05) is 47.5 Å². The Balaban J connectivity index is 2.45. The zero-order valence-electron chi connectivity index (χ0n) is 18.4. The molecule has 0 aliphatic rings. The summed E-state index contributed by atoms with van der Waals surface area (Å²) in [6.07, 6.45) is 1.02. The van der Waals surface area contributed by atoms with Gasteiger partial charge in [0.15, 0.2) is 0 Å². The molecule has 1 atom stereocenters. The van der Waals surface area contributed by atoms with Gasteiger partial charge in [-0.05, 0) is 50.1 Å². The third-order valence-corrected chi connectivity index (χ3v) is 6.91. The zero-order valence-corrected chi connectivity index (χ0v) is 20.8. The third kappa shape index (κ3) is 6.37. The Hall–Kier alpha value is -2.29. The van der Waals surface area contributed by atoms with Crippen LogP contribution in [0.25, 0.3) is 0 Å². The lowest BCUT2D eigenvalue weighted by Gasteiger charge is -2.32. The molecule has 0 fully saturated rings. The summed E-state index contributed by atoms with van der Waals surface area (Å²) in [4.78, 5) is 27.3. The second-order valence-electron chi connectivity index (χ2n) is 7.34. The number of likely N-dealkylation sites (N-methyl/N-ethyl adjacent to an activating group) is 1. The number of halogens is 2. The van der Waals surface area contributed by atoms with Crippen molar-refractivity contribution >= 4 is 50.7 Å². The minimum Gasteiger partial charge on any atom is -0.355 e. The van der Waals surface area contributed by atoms with Crippen molar-refractivity contribution < 1.29 is 18.0 Å². The monoisotopic (exact) mass is 499 g/mol. The van der Waals surface area contributed by atoms with Crippen LogP contribution >= 0.6 is 23.2 Å². The molecule has 0 unspecified atom stereocenters. The molecule has 32 heavy (non-hydrogen) atoms. The molecular formula is C22H27Cl2N3O4S. The highest BCUT2D eigenvalue weighted by atomic mass is 35.5. The third-order valence-electron chi connectivity index (χ3n) is 5.00. The van der Waals surface area contributed by atoms with Crippen LogP contribution in [0.4, 0.5) is 5.69 Å². The predicted molar refractivity (Wildman–Crippen MR) is 129 cm³/mol. The largest absolute Gasteiger partial charge is 0.355 e. The Kier molecular flexibility index (Phi) is 8.95. The number of anilines is 1. The molecule has 0 saturated heterocycles. The van der Waals surface area contributed by atoms with Crippen molar-refractivity contribution in [1.29, 1.82) is 0 Å². The molecule has 2 amide bonds. The molecule has 2 aromatic carbocycles. The van der Waals surface area contributed by atoms with Gasteiger partial charge < -0.3 is 10.2 Å². The average molecular weight is 500 g/mol. The van der Waals surface area contributed by atoms with Gasteiger partial charge in [0.05, 0.1) is 11.9 Å². The maximum Gasteiger partial charge on any atom is 0.244 e. The molecule has 0 aliphatic heterocycles. The van der Waals surface area contributed by atoms with E-state index in [2.05, 4.69) is 5.32 Å². The predicted octanol–water partition coefficient (Wildman–Crippen LogP) is 3.62. The Bertz CT molecular complexity index is 1090. The van der Waals surface area contributed by atoms with E-state index in [1.165, 1.54) is 4.90 Å². The van der Waals surface area contributed by atoms with Crippen LogP contribution in [0.3, 0.4) is 0 Å². The van der Waals surface area contributed by atoms with Gasteiger partial charge in [0.1, 0.15) is 12.6 Å². The number of sulfonamides is 1. The number of hydrogen-bond acceptors (Lipinski definition) is 4. The number of nitrogens with zero attached hydrogens (tertiary/aromatic N) is 2. The van der Waals surface area contributed by atoms with E-state index in [-0.39, 0.29) is 12.5 Å². The van der Waals surface area contributed by atoms with Gasteiger partial charge in [-0.15, -0.1) is 0 Å². The summed E-state index contributed by atoms with van der Waals surface area (Å²) in [6, 6.07) is 11.0. The first-order valence-electron chi connectivity index (χ1n) is 10.0. The van der Waals surface area contributed by atoms with Crippen LogP contribution in [0.1, 0.15) is 25.0 Å². The van der Waals surface area contributed by atoms with Crippen molar-refractivity contribution in [2.75, 3.05) is 23.7 Å². The van der Waals surface area contributed by atoms with Crippen molar-refractivity contribution in [1.82, 2.24) is 10.2 Å². The number of hydrogen-bond donors (Lipinski definition) is 1. The zero-order chi connectivity index (χ0) is 24.1. The number of rotatable bonds is 9. The maximum absolute atomic E-state index is 13.4. The average Bonchev–Trinajstić information content (AvgIpc) is 2.72. The van der Waals surface area contributed by atoms with Crippen LogP contribution in [0, 0.1) is 6.92 Å². The van der Waals surface area contributed by atoms with Crippen LogP contribution < -0.4 is 9.62 Å². The molecule has 10 heteroatoms. The Morgan fingerprint density at radius 2 is 1.69 bits per heavy atom. The van der Waals surface area contributed by atoms with Crippen molar-refractivity contribution in [3.63, 3.8) is 0 Å². The maximum atomic E-state index is 13.4. The summed E-state index contributed by atoms with van der Waals surface area (Å²) in [5.74, 6) is -0.897. The van der Waals surface area contributed by atoms with Gasteiger partial charge in [-0.25, -0.2) is 8.42 Å². The van der Waals surface area contributed by atoms with Crippen molar-refractivity contribution in [3.05, 3.63) is 63.6 Å².